The van der Waals surface area contributed by atoms with Gasteiger partial charge in [0.25, 0.3) is 0 Å². The molecule has 2 saturated heterocycles. The average molecular weight is 372 g/mol. The summed E-state index contributed by atoms with van der Waals surface area (Å²) in [5, 5.41) is 0. The first-order valence-electron chi connectivity index (χ1n) is 9.82. The van der Waals surface area contributed by atoms with Crippen LogP contribution in [0.15, 0.2) is 24.9 Å². The second-order valence-corrected chi connectivity index (χ2v) is 7.03. The lowest BCUT2D eigenvalue weighted by Crippen LogP contribution is -2.39. The van der Waals surface area contributed by atoms with Crippen molar-refractivity contribution in [2.45, 2.75) is 19.4 Å². The fourth-order valence-corrected chi connectivity index (χ4v) is 3.69. The summed E-state index contributed by atoms with van der Waals surface area (Å²) in [5.74, 6) is 0.772. The Kier molecular flexibility index (Phi) is 5.96. The minimum absolute atomic E-state index is 0.375. The predicted molar refractivity (Wildman–Crippen MR) is 103 cm³/mol. The predicted octanol–water partition coefficient (Wildman–Crippen LogP) is 1.46. The number of hydrogen-bond donors (Lipinski definition) is 0. The molecule has 0 N–H and O–H groups in total. The Morgan fingerprint density at radius 1 is 0.963 bits per heavy atom. The molecule has 2 aliphatic rings. The van der Waals surface area contributed by atoms with Crippen LogP contribution in [0.4, 0.5) is 5.95 Å². The quantitative estimate of drug-likeness (QED) is 0.760. The fraction of sp³-hybridized carbons (Fsp3) is 0.632. The van der Waals surface area contributed by atoms with E-state index in [1.807, 2.05) is 24.9 Å². The molecule has 4 rings (SSSR count). The monoisotopic (exact) mass is 372 g/mol. The van der Waals surface area contributed by atoms with Gasteiger partial charge in [0.05, 0.1) is 44.6 Å². The van der Waals surface area contributed by atoms with Crippen LogP contribution in [0.2, 0.25) is 0 Å². The molecule has 0 saturated carbocycles. The third kappa shape index (κ3) is 4.28. The Balaban J connectivity index is 1.50. The average Bonchev–Trinajstić information content (AvgIpc) is 3.23. The highest BCUT2D eigenvalue weighted by molar-refractivity contribution is 5.57. The molecule has 4 heterocycles. The smallest absolute Gasteiger partial charge is 0.225 e. The van der Waals surface area contributed by atoms with Crippen molar-refractivity contribution >= 4 is 5.95 Å². The highest BCUT2D eigenvalue weighted by Crippen LogP contribution is 2.25. The van der Waals surface area contributed by atoms with Gasteiger partial charge in [-0.3, -0.25) is 4.90 Å². The molecule has 8 heteroatoms. The molecule has 1 unspecified atom stereocenters. The second-order valence-electron chi connectivity index (χ2n) is 7.03. The van der Waals surface area contributed by atoms with Gasteiger partial charge < -0.3 is 18.9 Å². The van der Waals surface area contributed by atoms with E-state index in [0.717, 1.165) is 82.8 Å². The fourth-order valence-electron chi connectivity index (χ4n) is 3.69. The number of ether oxygens (including phenoxy) is 2. The zero-order valence-corrected chi connectivity index (χ0v) is 16.0. The van der Waals surface area contributed by atoms with Gasteiger partial charge in [0.15, 0.2) is 0 Å². The largest absolute Gasteiger partial charge is 0.379 e. The number of nitrogens with zero attached hydrogens (tertiary/aromatic N) is 6. The van der Waals surface area contributed by atoms with Crippen LogP contribution in [-0.4, -0.2) is 83.6 Å². The van der Waals surface area contributed by atoms with Crippen LogP contribution in [0.3, 0.4) is 0 Å². The number of rotatable bonds is 6. The number of hydrogen-bond acceptors (Lipinski definition) is 7. The standard InChI is InChI=1S/C19H28N6O2/c1-2-17(14-23-3-7-26-8-4-23)25-15-20-13-18(25)16-11-21-19(22-12-16)24-5-9-27-10-6-24/h11-13,15,17H,2-10,14H2,1H3. The minimum atomic E-state index is 0.375. The SMILES string of the molecule is CCC(CN1CCOCC1)n1cncc1-c1cnc(N2CCOCC2)nc1. The van der Waals surface area contributed by atoms with Crippen LogP contribution in [0.25, 0.3) is 11.3 Å². The first-order valence-corrected chi connectivity index (χ1v) is 9.82. The maximum atomic E-state index is 5.47. The summed E-state index contributed by atoms with van der Waals surface area (Å²) in [6.45, 7) is 10.0. The van der Waals surface area contributed by atoms with Crippen LogP contribution in [-0.2, 0) is 9.47 Å². The Hall–Kier alpha value is -2.03. The van der Waals surface area contributed by atoms with Gasteiger partial charge in [0.2, 0.25) is 5.95 Å². The topological polar surface area (TPSA) is 68.5 Å². The van der Waals surface area contributed by atoms with Crippen molar-refractivity contribution in [2.24, 2.45) is 0 Å². The van der Waals surface area contributed by atoms with Crippen molar-refractivity contribution < 1.29 is 9.47 Å². The van der Waals surface area contributed by atoms with Crippen LogP contribution >= 0.6 is 0 Å². The van der Waals surface area contributed by atoms with Crippen molar-refractivity contribution in [3.63, 3.8) is 0 Å². The number of aromatic nitrogens is 4. The summed E-state index contributed by atoms with van der Waals surface area (Å²) in [7, 11) is 0. The first-order chi connectivity index (χ1) is 13.3. The summed E-state index contributed by atoms with van der Waals surface area (Å²) in [4.78, 5) is 18.2. The minimum Gasteiger partial charge on any atom is -0.379 e. The number of morpholine rings is 2. The lowest BCUT2D eigenvalue weighted by molar-refractivity contribution is 0.0313. The lowest BCUT2D eigenvalue weighted by Gasteiger charge is -2.31. The molecule has 0 amide bonds. The van der Waals surface area contributed by atoms with Gasteiger partial charge in [-0.15, -0.1) is 0 Å². The van der Waals surface area contributed by atoms with Gasteiger partial charge in [0, 0.05) is 56.7 Å². The number of anilines is 1. The molecule has 2 aliphatic heterocycles. The maximum Gasteiger partial charge on any atom is 0.225 e. The van der Waals surface area contributed by atoms with Gasteiger partial charge in [-0.05, 0) is 6.42 Å². The molecule has 1 atom stereocenters. The van der Waals surface area contributed by atoms with Gasteiger partial charge in [-0.25, -0.2) is 15.0 Å². The van der Waals surface area contributed by atoms with Gasteiger partial charge in [-0.1, -0.05) is 6.92 Å². The highest BCUT2D eigenvalue weighted by atomic mass is 16.5. The highest BCUT2D eigenvalue weighted by Gasteiger charge is 2.20. The molecule has 0 aliphatic carbocycles. The third-order valence-corrected chi connectivity index (χ3v) is 5.33. The first kappa shape index (κ1) is 18.3. The van der Waals surface area contributed by atoms with E-state index in [4.69, 9.17) is 9.47 Å². The van der Waals surface area contributed by atoms with E-state index >= 15 is 0 Å². The van der Waals surface area contributed by atoms with E-state index in [-0.39, 0.29) is 0 Å². The third-order valence-electron chi connectivity index (χ3n) is 5.33. The van der Waals surface area contributed by atoms with Crippen molar-refractivity contribution in [3.8, 4) is 11.3 Å². The molecule has 2 fully saturated rings. The molecular formula is C19H28N6O2. The van der Waals surface area contributed by atoms with Gasteiger partial charge >= 0.3 is 0 Å². The summed E-state index contributed by atoms with van der Waals surface area (Å²) in [5.41, 5.74) is 2.08. The van der Waals surface area contributed by atoms with Crippen molar-refractivity contribution in [3.05, 3.63) is 24.9 Å². The summed E-state index contributed by atoms with van der Waals surface area (Å²) in [6, 6.07) is 0.375. The van der Waals surface area contributed by atoms with Crippen LogP contribution in [0.1, 0.15) is 19.4 Å². The molecule has 27 heavy (non-hydrogen) atoms. The summed E-state index contributed by atoms with van der Waals surface area (Å²) < 4.78 is 13.1. The van der Waals surface area contributed by atoms with E-state index in [1.165, 1.54) is 0 Å². The van der Waals surface area contributed by atoms with Crippen molar-refractivity contribution in [1.29, 1.82) is 0 Å². The summed E-state index contributed by atoms with van der Waals surface area (Å²) >= 11 is 0. The van der Waals surface area contributed by atoms with Crippen molar-refractivity contribution in [2.75, 3.05) is 64.1 Å². The van der Waals surface area contributed by atoms with Gasteiger partial charge in [-0.2, -0.15) is 0 Å². The van der Waals surface area contributed by atoms with E-state index in [1.54, 1.807) is 0 Å². The Morgan fingerprint density at radius 3 is 2.30 bits per heavy atom. The van der Waals surface area contributed by atoms with E-state index in [9.17, 15) is 0 Å². The van der Waals surface area contributed by atoms with Crippen LogP contribution in [0, 0.1) is 0 Å². The molecule has 146 valence electrons. The van der Waals surface area contributed by atoms with E-state index in [0.29, 0.717) is 6.04 Å². The molecule has 2 aromatic heterocycles. The number of imidazole rings is 1. The molecular weight excluding hydrogens is 344 g/mol. The molecule has 0 radical (unpaired) electrons. The zero-order valence-electron chi connectivity index (χ0n) is 16.0. The van der Waals surface area contributed by atoms with Gasteiger partial charge in [0.1, 0.15) is 0 Å². The zero-order chi connectivity index (χ0) is 18.5. The lowest BCUT2D eigenvalue weighted by atomic mass is 10.1. The van der Waals surface area contributed by atoms with Crippen molar-refractivity contribution in [1.82, 2.24) is 24.4 Å². The second kappa shape index (κ2) is 8.77. The molecule has 2 aromatic rings. The molecule has 0 aromatic carbocycles. The molecule has 0 bridgehead atoms. The molecule has 8 nitrogen and oxygen atoms in total. The molecule has 0 spiro atoms. The van der Waals surface area contributed by atoms with Crippen LogP contribution in [0.5, 0.6) is 0 Å². The van der Waals surface area contributed by atoms with E-state index in [2.05, 4.69) is 36.2 Å². The summed E-state index contributed by atoms with van der Waals surface area (Å²) in [6.07, 6.45) is 8.71. The maximum absolute atomic E-state index is 5.47. The Bertz CT molecular complexity index is 707. The van der Waals surface area contributed by atoms with Crippen LogP contribution < -0.4 is 4.90 Å². The Morgan fingerprint density at radius 2 is 1.63 bits per heavy atom. The normalized spacial score (nSPS) is 20.0. The Labute approximate surface area is 160 Å². The van der Waals surface area contributed by atoms with E-state index < -0.39 is 0 Å².